The molecule has 3 aliphatic rings. The molecular formula is C40H45ClN2O5. The minimum Gasteiger partial charge on any atom is -0.457 e. The molecule has 0 saturated heterocycles. The summed E-state index contributed by atoms with van der Waals surface area (Å²) in [5.41, 5.74) is 10.5. The van der Waals surface area contributed by atoms with Crippen LogP contribution in [0.4, 0.5) is 11.4 Å². The van der Waals surface area contributed by atoms with Crippen LogP contribution in [0.15, 0.2) is 126 Å². The molecule has 7 nitrogen and oxygen atoms in total. The van der Waals surface area contributed by atoms with Crippen LogP contribution in [0.5, 0.6) is 5.75 Å². The molecule has 2 aliphatic heterocycles. The number of hydrogen-bond acceptors (Lipinski definition) is 6. The monoisotopic (exact) mass is 668 g/mol. The lowest BCUT2D eigenvalue weighted by atomic mass is 9.81. The van der Waals surface area contributed by atoms with Crippen molar-refractivity contribution in [1.82, 2.24) is 0 Å². The summed E-state index contributed by atoms with van der Waals surface area (Å²) in [6.07, 6.45) is 12.5. The zero-order chi connectivity index (χ0) is 34.7. The van der Waals surface area contributed by atoms with E-state index in [1.165, 1.54) is 45.1 Å². The van der Waals surface area contributed by atoms with Crippen LogP contribution in [0.2, 0.25) is 0 Å². The van der Waals surface area contributed by atoms with Crippen LogP contribution in [0.25, 0.3) is 0 Å². The average Bonchev–Trinajstić information content (AvgIpc) is 3.41. The van der Waals surface area contributed by atoms with E-state index in [9.17, 15) is 0 Å². The number of fused-ring (bicyclic) bond motifs is 2. The van der Waals surface area contributed by atoms with Gasteiger partial charge in [-0.25, -0.2) is 18.6 Å². The molecule has 6 rings (SSSR count). The third kappa shape index (κ3) is 7.36. The molecule has 0 radical (unpaired) electrons. The smallest absolute Gasteiger partial charge is 0.209 e. The van der Waals surface area contributed by atoms with E-state index in [0.29, 0.717) is 0 Å². The Morgan fingerprint density at radius 2 is 1.40 bits per heavy atom. The molecule has 0 fully saturated rings. The quantitative estimate of drug-likeness (QED) is 0.327. The summed E-state index contributed by atoms with van der Waals surface area (Å²) < 4.78 is 43.2. The number of allylic oxidation sites excluding steroid dienone is 7. The summed E-state index contributed by atoms with van der Waals surface area (Å²) in [6, 6.07) is 27.9. The number of rotatable bonds is 7. The first kappa shape index (κ1) is 35.3. The van der Waals surface area contributed by atoms with Crippen LogP contribution >= 0.6 is 0 Å². The van der Waals surface area contributed by atoms with Crippen molar-refractivity contribution in [3.8, 4) is 5.75 Å². The van der Waals surface area contributed by atoms with Gasteiger partial charge in [0.25, 0.3) is 0 Å². The van der Waals surface area contributed by atoms with Gasteiger partial charge in [-0.05, 0) is 94.0 Å². The van der Waals surface area contributed by atoms with Gasteiger partial charge in [0.1, 0.15) is 18.1 Å². The zero-order valence-electron chi connectivity index (χ0n) is 28.7. The van der Waals surface area contributed by atoms with Gasteiger partial charge in [0, 0.05) is 41.1 Å². The topological polar surface area (TPSA) is 108 Å². The number of halogens is 1. The normalized spacial score (nSPS) is 19.9. The second-order valence-corrected chi connectivity index (χ2v) is 14.0. The molecule has 0 bridgehead atoms. The number of anilines is 1. The molecule has 48 heavy (non-hydrogen) atoms. The molecule has 0 saturated carbocycles. The Balaban J connectivity index is 0.000000840. The van der Waals surface area contributed by atoms with Crippen molar-refractivity contribution in [2.45, 2.75) is 71.6 Å². The fourth-order valence-electron chi connectivity index (χ4n) is 7.28. The summed E-state index contributed by atoms with van der Waals surface area (Å²) in [6.45, 7) is 15.7. The minimum absolute atomic E-state index is 0.0610. The molecule has 0 atom stereocenters. The Bertz CT molecular complexity index is 1790. The van der Waals surface area contributed by atoms with Crippen molar-refractivity contribution in [2.75, 3.05) is 18.0 Å². The second kappa shape index (κ2) is 14.2. The van der Waals surface area contributed by atoms with Crippen LogP contribution in [0.3, 0.4) is 0 Å². The van der Waals surface area contributed by atoms with E-state index in [-0.39, 0.29) is 10.8 Å². The fraction of sp³-hybridized carbons (Fsp3) is 0.325. The Morgan fingerprint density at radius 3 is 2.06 bits per heavy atom. The Kier molecular flexibility index (Phi) is 10.5. The van der Waals surface area contributed by atoms with Crippen LogP contribution in [-0.4, -0.2) is 23.4 Å². The van der Waals surface area contributed by atoms with Gasteiger partial charge < -0.3 is 9.64 Å². The van der Waals surface area contributed by atoms with Gasteiger partial charge in [-0.3, -0.25) is 0 Å². The van der Waals surface area contributed by atoms with Crippen molar-refractivity contribution in [1.29, 1.82) is 0 Å². The first-order valence-electron chi connectivity index (χ1n) is 16.6. The van der Waals surface area contributed by atoms with Gasteiger partial charge in [0.2, 0.25) is 5.69 Å². The van der Waals surface area contributed by atoms with Gasteiger partial charge in [-0.2, -0.15) is 4.58 Å². The maximum atomic E-state index is 8.49. The lowest BCUT2D eigenvalue weighted by Gasteiger charge is -2.26. The van der Waals surface area contributed by atoms with Crippen molar-refractivity contribution in [3.05, 3.63) is 137 Å². The molecule has 0 aromatic heterocycles. The standard InChI is InChI=1S/C40H45N2O.ClHO4/c1-7-41-34-23-14-12-21-32(34)39(3,4)36(41)27-25-29-17-16-18-30(38(29)43-31-19-10-9-11-20-31)26-28-37-40(5,6)33-22-13-15-24-35(33)42(37)8-2;2-1(3,4)5/h9-15,19-28H,7-8,16-18H2,1-6H3;(H,2,3,4,5)/q+1;/p-1. The van der Waals surface area contributed by atoms with Crippen molar-refractivity contribution in [2.24, 2.45) is 0 Å². The van der Waals surface area contributed by atoms with E-state index in [4.69, 9.17) is 23.4 Å². The van der Waals surface area contributed by atoms with E-state index in [1.54, 1.807) is 0 Å². The first-order chi connectivity index (χ1) is 22.8. The molecule has 3 aromatic rings. The minimum atomic E-state index is -4.94. The highest BCUT2D eigenvalue weighted by Gasteiger charge is 2.43. The summed E-state index contributed by atoms with van der Waals surface area (Å²) in [5.74, 6) is 1.88. The maximum absolute atomic E-state index is 8.49. The summed E-state index contributed by atoms with van der Waals surface area (Å²) >= 11 is 0. The number of para-hydroxylation sites is 3. The first-order valence-corrected chi connectivity index (χ1v) is 17.8. The van der Waals surface area contributed by atoms with Crippen molar-refractivity contribution < 1.29 is 38.2 Å². The van der Waals surface area contributed by atoms with Gasteiger partial charge in [-0.1, -0.05) is 74.5 Å². The van der Waals surface area contributed by atoms with Gasteiger partial charge >= 0.3 is 0 Å². The number of ether oxygens (including phenoxy) is 1. The molecular weight excluding hydrogens is 624 g/mol. The average molecular weight is 669 g/mol. The zero-order valence-corrected chi connectivity index (χ0v) is 29.4. The number of hydrogen-bond donors (Lipinski definition) is 0. The van der Waals surface area contributed by atoms with Crippen LogP contribution in [0, 0.1) is 10.2 Å². The molecule has 0 spiro atoms. The van der Waals surface area contributed by atoms with Gasteiger partial charge in [0.15, 0.2) is 5.71 Å². The lowest BCUT2D eigenvalue weighted by Crippen LogP contribution is -2.68. The molecule has 252 valence electrons. The Hall–Kier alpha value is -3.98. The number of likely N-dealkylation sites (N-methyl/N-ethyl adjacent to an activating group) is 1. The molecule has 2 heterocycles. The van der Waals surface area contributed by atoms with Gasteiger partial charge in [-0.15, -0.1) is 10.2 Å². The summed E-state index contributed by atoms with van der Waals surface area (Å²) in [7, 11) is -4.94. The highest BCUT2D eigenvalue weighted by molar-refractivity contribution is 6.03. The lowest BCUT2D eigenvalue weighted by molar-refractivity contribution is -2.00. The highest BCUT2D eigenvalue weighted by atomic mass is 35.7. The maximum Gasteiger partial charge on any atom is 0.209 e. The van der Waals surface area contributed by atoms with E-state index in [1.807, 2.05) is 18.2 Å². The highest BCUT2D eigenvalue weighted by Crippen LogP contribution is 2.47. The Labute approximate surface area is 286 Å². The predicted molar refractivity (Wildman–Crippen MR) is 181 cm³/mol. The van der Waals surface area contributed by atoms with E-state index in [2.05, 4.69) is 136 Å². The second-order valence-electron chi connectivity index (χ2n) is 13.2. The van der Waals surface area contributed by atoms with Crippen LogP contribution in [0.1, 0.15) is 71.9 Å². The predicted octanol–water partition coefficient (Wildman–Crippen LogP) is 5.03. The van der Waals surface area contributed by atoms with E-state index < -0.39 is 10.2 Å². The molecule has 0 amide bonds. The Morgan fingerprint density at radius 1 is 0.771 bits per heavy atom. The molecule has 0 N–H and O–H groups in total. The number of benzene rings is 3. The molecule has 8 heteroatoms. The molecule has 3 aromatic carbocycles. The van der Waals surface area contributed by atoms with Crippen LogP contribution in [-0.2, 0) is 10.8 Å². The van der Waals surface area contributed by atoms with Gasteiger partial charge in [0.05, 0.1) is 5.41 Å². The van der Waals surface area contributed by atoms with Crippen molar-refractivity contribution >= 4 is 17.1 Å². The SMILES string of the molecule is CCN1/C(=C/C=C2\CCCC(/C=C/C3=[N+](CC)c4ccccc4C3(C)C)=C2Oc2ccccc2)C(C)(C)c2ccccc21.[O-][Cl+3]([O-])([O-])[O-]. The molecule has 0 unspecified atom stereocenters. The largest absolute Gasteiger partial charge is 0.457 e. The summed E-state index contributed by atoms with van der Waals surface area (Å²) in [4.78, 5) is 2.47. The molecule has 1 aliphatic carbocycles. The van der Waals surface area contributed by atoms with Crippen molar-refractivity contribution in [3.63, 3.8) is 0 Å². The summed E-state index contributed by atoms with van der Waals surface area (Å²) in [5, 5.41) is 0. The third-order valence-corrected chi connectivity index (χ3v) is 9.55. The van der Waals surface area contributed by atoms with E-state index >= 15 is 0 Å². The van der Waals surface area contributed by atoms with E-state index in [0.717, 1.165) is 43.9 Å². The fourth-order valence-corrected chi connectivity index (χ4v) is 7.28. The van der Waals surface area contributed by atoms with Crippen LogP contribution < -0.4 is 28.3 Å². The number of nitrogens with zero attached hydrogens (tertiary/aromatic N) is 2. The third-order valence-electron chi connectivity index (χ3n) is 9.55.